The highest BCUT2D eigenvalue weighted by Gasteiger charge is 2.18. The summed E-state index contributed by atoms with van der Waals surface area (Å²) in [6, 6.07) is 50.2. The third-order valence-corrected chi connectivity index (χ3v) is 12.6. The number of benzene rings is 5. The van der Waals surface area contributed by atoms with Gasteiger partial charge in [-0.1, -0.05) is 133 Å². The lowest BCUT2D eigenvalue weighted by atomic mass is 10.0. The van der Waals surface area contributed by atoms with Gasteiger partial charge < -0.3 is 14.5 Å². The second-order valence-electron chi connectivity index (χ2n) is 17.1. The number of para-hydroxylation sites is 1. The first-order valence-corrected chi connectivity index (χ1v) is 22.3. The lowest BCUT2D eigenvalue weighted by Crippen LogP contribution is -1.96. The summed E-state index contributed by atoms with van der Waals surface area (Å²) in [7, 11) is 0. The Kier molecular flexibility index (Phi) is 9.78. The van der Waals surface area contributed by atoms with Crippen molar-refractivity contribution in [3.63, 3.8) is 0 Å². The summed E-state index contributed by atoms with van der Waals surface area (Å²) in [4.78, 5) is 18.6. The van der Waals surface area contributed by atoms with Crippen molar-refractivity contribution in [3.8, 4) is 45.2 Å². The molecule has 0 unspecified atom stereocenters. The molecular weight excluding hydrogens is 779 g/mol. The molecule has 2 aliphatic heterocycles. The van der Waals surface area contributed by atoms with E-state index in [2.05, 4.69) is 218 Å². The molecule has 0 radical (unpaired) electrons. The molecule has 0 spiro atoms. The van der Waals surface area contributed by atoms with Gasteiger partial charge in [-0.25, -0.2) is 9.97 Å². The van der Waals surface area contributed by atoms with Crippen molar-refractivity contribution in [1.82, 2.24) is 24.5 Å². The second kappa shape index (κ2) is 16.1. The minimum absolute atomic E-state index is 0.800. The molecule has 11 rings (SSSR count). The highest BCUT2D eigenvalue weighted by Crippen LogP contribution is 2.37. The van der Waals surface area contributed by atoms with Crippen LogP contribution in [0.15, 0.2) is 140 Å². The number of aromatic amines is 2. The molecular formula is C59H47N5. The monoisotopic (exact) mass is 825 g/mol. The van der Waals surface area contributed by atoms with Gasteiger partial charge in [-0.2, -0.15) is 0 Å². The van der Waals surface area contributed by atoms with Crippen LogP contribution in [0.2, 0.25) is 0 Å². The van der Waals surface area contributed by atoms with Crippen molar-refractivity contribution < 1.29 is 0 Å². The van der Waals surface area contributed by atoms with Gasteiger partial charge >= 0.3 is 0 Å². The average Bonchev–Trinajstić information content (AvgIpc) is 4.18. The van der Waals surface area contributed by atoms with Crippen LogP contribution >= 0.6 is 0 Å². The number of hydrogen-bond donors (Lipinski definition) is 2. The molecule has 8 bridgehead atoms. The summed E-state index contributed by atoms with van der Waals surface area (Å²) in [5, 5.41) is 2.48. The molecule has 308 valence electrons. The number of nitrogens with one attached hydrogen (secondary N) is 2. The van der Waals surface area contributed by atoms with Gasteiger partial charge in [0.05, 0.1) is 33.9 Å². The normalized spacial score (nSPS) is 12.0. The van der Waals surface area contributed by atoms with Crippen molar-refractivity contribution in [2.45, 2.75) is 47.1 Å². The molecule has 2 aliphatic rings. The maximum Gasteiger partial charge on any atom is 0.0815 e. The molecule has 6 heterocycles. The summed E-state index contributed by atoms with van der Waals surface area (Å²) < 4.78 is 2.46. The van der Waals surface area contributed by atoms with Gasteiger partial charge in [0.25, 0.3) is 0 Å². The Morgan fingerprint density at radius 3 is 1.48 bits per heavy atom. The number of aryl methyl sites for hydroxylation is 4. The Bertz CT molecular complexity index is 3550. The van der Waals surface area contributed by atoms with E-state index in [4.69, 9.17) is 9.97 Å². The standard InChI is InChI=1S/C59H47N5/c1-5-6-35-64-55-10-8-7-9-44(55)46-36-40(18-34-56(46)64)17-25-45-47-26-28-49(60-47)57(41-19-11-37(2)12-20-41)51-30-32-53(62-51)59(43-23-15-39(4)16-24-43)54-33-31-52(63-54)58(50-29-27-48(45)61-50)42-21-13-38(3)14-22-42/h7-16,18-24,26-34,36,60,63H,5-6,35H2,1-4H3. The third kappa shape index (κ3) is 7.04. The van der Waals surface area contributed by atoms with E-state index >= 15 is 0 Å². The molecule has 5 nitrogen and oxygen atoms in total. The molecule has 4 aromatic heterocycles. The second-order valence-corrected chi connectivity index (χ2v) is 17.1. The fraction of sp³-hybridized carbons (Fsp3) is 0.119. The number of fused-ring (bicyclic) bond motifs is 11. The van der Waals surface area contributed by atoms with E-state index in [0.29, 0.717) is 0 Å². The van der Waals surface area contributed by atoms with Crippen molar-refractivity contribution in [1.29, 1.82) is 0 Å². The van der Waals surface area contributed by atoms with Crippen molar-refractivity contribution in [2.75, 3.05) is 0 Å². The van der Waals surface area contributed by atoms with Gasteiger partial charge in [0.15, 0.2) is 0 Å². The van der Waals surface area contributed by atoms with Crippen LogP contribution < -0.4 is 0 Å². The maximum atomic E-state index is 5.46. The van der Waals surface area contributed by atoms with Crippen LogP contribution in [0.25, 0.3) is 102 Å². The van der Waals surface area contributed by atoms with E-state index in [1.54, 1.807) is 0 Å². The summed E-state index contributed by atoms with van der Waals surface area (Å²) in [5.41, 5.74) is 21.4. The first kappa shape index (κ1) is 38.9. The lowest BCUT2D eigenvalue weighted by molar-refractivity contribution is 0.665. The molecule has 0 atom stereocenters. The number of aromatic nitrogens is 5. The minimum Gasteiger partial charge on any atom is -0.354 e. The van der Waals surface area contributed by atoms with E-state index in [9.17, 15) is 0 Å². The fourth-order valence-electron chi connectivity index (χ4n) is 9.23. The van der Waals surface area contributed by atoms with Crippen LogP contribution in [-0.2, 0) is 6.54 Å². The zero-order valence-electron chi connectivity index (χ0n) is 36.6. The highest BCUT2D eigenvalue weighted by molar-refractivity contribution is 6.08. The van der Waals surface area contributed by atoms with Crippen molar-refractivity contribution >= 4 is 68.2 Å². The van der Waals surface area contributed by atoms with Crippen LogP contribution in [0.3, 0.4) is 0 Å². The van der Waals surface area contributed by atoms with Crippen LogP contribution in [0.5, 0.6) is 0 Å². The van der Waals surface area contributed by atoms with E-state index in [1.807, 2.05) is 0 Å². The maximum absolute atomic E-state index is 5.46. The Hall–Kier alpha value is -7.94. The summed E-state index contributed by atoms with van der Waals surface area (Å²) in [6.45, 7) is 9.61. The van der Waals surface area contributed by atoms with Crippen molar-refractivity contribution in [2.24, 2.45) is 0 Å². The first-order chi connectivity index (χ1) is 31.4. The van der Waals surface area contributed by atoms with Crippen LogP contribution in [0.4, 0.5) is 0 Å². The van der Waals surface area contributed by atoms with Gasteiger partial charge in [0.1, 0.15) is 0 Å². The smallest absolute Gasteiger partial charge is 0.0815 e. The van der Waals surface area contributed by atoms with Gasteiger partial charge in [-0.15, -0.1) is 0 Å². The predicted molar refractivity (Wildman–Crippen MR) is 270 cm³/mol. The Morgan fingerprint density at radius 2 is 0.938 bits per heavy atom. The van der Waals surface area contributed by atoms with Gasteiger partial charge in [0, 0.05) is 67.2 Å². The van der Waals surface area contributed by atoms with E-state index in [1.165, 1.54) is 38.5 Å². The number of hydrogen-bond acceptors (Lipinski definition) is 2. The Labute approximate surface area is 373 Å². The molecule has 9 aromatic rings. The Balaban J connectivity index is 1.21. The van der Waals surface area contributed by atoms with Crippen LogP contribution in [-0.4, -0.2) is 24.5 Å². The topological polar surface area (TPSA) is 62.3 Å². The van der Waals surface area contributed by atoms with E-state index in [0.717, 1.165) is 109 Å². The van der Waals surface area contributed by atoms with Crippen LogP contribution in [0.1, 0.15) is 70.4 Å². The quantitative estimate of drug-likeness (QED) is 0.164. The third-order valence-electron chi connectivity index (χ3n) is 12.6. The number of rotatable bonds is 6. The SMILES string of the molecule is CCCCn1c2ccccc2c2cc(C#Cc3c4nc(c(-c5ccc(C)cc5)c5ccc([nH]5)c(-c5ccc(C)cc5)c5nc(c(-c6ccc(C)cc6)c6ccc3[nH]6)C=C5)C=C4)ccc21. The number of H-pyrrole nitrogens is 2. The average molecular weight is 826 g/mol. The zero-order chi connectivity index (χ0) is 43.3. The van der Waals surface area contributed by atoms with E-state index in [-0.39, 0.29) is 0 Å². The van der Waals surface area contributed by atoms with Gasteiger partial charge in [0.2, 0.25) is 0 Å². The van der Waals surface area contributed by atoms with Crippen molar-refractivity contribution in [3.05, 3.63) is 190 Å². The summed E-state index contributed by atoms with van der Waals surface area (Å²) in [5.74, 6) is 7.26. The molecule has 0 saturated carbocycles. The largest absolute Gasteiger partial charge is 0.354 e. The molecule has 0 saturated heterocycles. The molecule has 0 aliphatic carbocycles. The van der Waals surface area contributed by atoms with Crippen LogP contribution in [0, 0.1) is 32.6 Å². The predicted octanol–water partition coefficient (Wildman–Crippen LogP) is 14.9. The van der Waals surface area contributed by atoms with E-state index < -0.39 is 0 Å². The first-order valence-electron chi connectivity index (χ1n) is 22.3. The molecule has 2 N–H and O–H groups in total. The van der Waals surface area contributed by atoms with Gasteiger partial charge in [-0.05, 0) is 117 Å². The molecule has 5 heteroatoms. The fourth-order valence-corrected chi connectivity index (χ4v) is 9.23. The summed E-state index contributed by atoms with van der Waals surface area (Å²) >= 11 is 0. The summed E-state index contributed by atoms with van der Waals surface area (Å²) in [6.07, 6.45) is 10.8. The zero-order valence-corrected chi connectivity index (χ0v) is 36.6. The number of nitrogens with zero attached hydrogens (tertiary/aromatic N) is 3. The minimum atomic E-state index is 0.800. The number of unbranched alkanes of at least 4 members (excludes halogenated alkanes) is 1. The molecule has 64 heavy (non-hydrogen) atoms. The Morgan fingerprint density at radius 1 is 0.469 bits per heavy atom. The lowest BCUT2D eigenvalue weighted by Gasteiger charge is -2.07. The molecule has 5 aromatic carbocycles. The highest BCUT2D eigenvalue weighted by atomic mass is 15.0. The molecule has 0 fully saturated rings. The molecule has 0 amide bonds. The van der Waals surface area contributed by atoms with Gasteiger partial charge in [-0.3, -0.25) is 0 Å².